The Balaban J connectivity index is 1.43. The maximum Gasteiger partial charge on any atom is 0.246 e. The molecule has 0 unspecified atom stereocenters. The van der Waals surface area contributed by atoms with E-state index in [0.717, 1.165) is 22.0 Å². The minimum absolute atomic E-state index is 0.0353. The number of fused-ring (bicyclic) bond motifs is 1. The maximum absolute atomic E-state index is 13.8. The smallest absolute Gasteiger partial charge is 0.246 e. The first-order valence-electron chi connectivity index (χ1n) is 11.6. The predicted octanol–water partition coefficient (Wildman–Crippen LogP) is 5.00. The van der Waals surface area contributed by atoms with Crippen molar-refractivity contribution in [2.45, 2.75) is 24.3 Å². The van der Waals surface area contributed by atoms with Crippen molar-refractivity contribution in [2.24, 2.45) is 0 Å². The minimum atomic E-state index is -3.94. The Kier molecular flexibility index (Phi) is 6.73. The number of ether oxygens (including phenoxy) is 1. The number of rotatable bonds is 6. The second-order valence-electron chi connectivity index (χ2n) is 8.92. The van der Waals surface area contributed by atoms with Crippen LogP contribution in [-0.4, -0.2) is 43.4 Å². The lowest BCUT2D eigenvalue weighted by Gasteiger charge is -2.33. The molecule has 2 N–H and O–H groups in total. The Morgan fingerprint density at radius 1 is 1.17 bits per heavy atom. The molecule has 4 aromatic rings. The third-order valence-electron chi connectivity index (χ3n) is 6.29. The summed E-state index contributed by atoms with van der Waals surface area (Å²) in [7, 11) is -3.94. The highest BCUT2D eigenvalue weighted by atomic mass is 35.5. The van der Waals surface area contributed by atoms with Crippen LogP contribution >= 0.6 is 11.6 Å². The number of benzene rings is 3. The highest BCUT2D eigenvalue weighted by Crippen LogP contribution is 2.34. The summed E-state index contributed by atoms with van der Waals surface area (Å²) in [5, 5.41) is 14.5. The number of para-hydroxylation sites is 1. The molecule has 36 heavy (non-hydrogen) atoms. The number of aromatic nitrogens is 1. The van der Waals surface area contributed by atoms with Gasteiger partial charge in [0.1, 0.15) is 16.4 Å². The van der Waals surface area contributed by atoms with Crippen molar-refractivity contribution in [3.05, 3.63) is 88.6 Å². The Bertz CT molecular complexity index is 1560. The molecule has 184 valence electrons. The van der Waals surface area contributed by atoms with Gasteiger partial charge in [-0.25, -0.2) is 8.42 Å². The summed E-state index contributed by atoms with van der Waals surface area (Å²) < 4.78 is 35.1. The van der Waals surface area contributed by atoms with Gasteiger partial charge in [-0.05, 0) is 66.9 Å². The number of aryl methyl sites for hydroxylation is 1. The summed E-state index contributed by atoms with van der Waals surface area (Å²) in [4.78, 5) is 3.24. The van der Waals surface area contributed by atoms with E-state index in [1.165, 1.54) is 16.4 Å². The van der Waals surface area contributed by atoms with E-state index < -0.39 is 10.0 Å². The molecule has 2 heterocycles. The summed E-state index contributed by atoms with van der Waals surface area (Å²) in [6.07, 6.45) is 2.66. The fourth-order valence-electron chi connectivity index (χ4n) is 4.61. The molecule has 7 nitrogen and oxygen atoms in total. The Labute approximate surface area is 215 Å². The monoisotopic (exact) mass is 520 g/mol. The molecular formula is C27H25ClN4O3S. The zero-order valence-electron chi connectivity index (χ0n) is 19.7. The summed E-state index contributed by atoms with van der Waals surface area (Å²) in [5.41, 5.74) is 3.32. The SMILES string of the molecule is Cc1cc(Cl)cc(Oc2ccc(C#N)cc2S(=O)(=O)N2CCN[C@@H](Cc3c[nH]c4ccccc34)C2)c1. The average molecular weight is 521 g/mol. The number of H-pyrrole nitrogens is 1. The van der Waals surface area contributed by atoms with Crippen LogP contribution < -0.4 is 10.1 Å². The lowest BCUT2D eigenvalue weighted by Crippen LogP contribution is -2.53. The van der Waals surface area contributed by atoms with Crippen molar-refractivity contribution in [2.75, 3.05) is 19.6 Å². The van der Waals surface area contributed by atoms with Gasteiger partial charge in [-0.3, -0.25) is 0 Å². The average Bonchev–Trinajstić information content (AvgIpc) is 3.26. The van der Waals surface area contributed by atoms with E-state index in [-0.39, 0.29) is 22.3 Å². The first kappa shape index (κ1) is 24.3. The van der Waals surface area contributed by atoms with Gasteiger partial charge in [0.25, 0.3) is 0 Å². The van der Waals surface area contributed by atoms with E-state index >= 15 is 0 Å². The number of nitriles is 1. The van der Waals surface area contributed by atoms with Crippen molar-refractivity contribution in [1.82, 2.24) is 14.6 Å². The zero-order valence-corrected chi connectivity index (χ0v) is 21.2. The van der Waals surface area contributed by atoms with Gasteiger partial charge in [0, 0.05) is 47.8 Å². The molecule has 1 atom stereocenters. The van der Waals surface area contributed by atoms with E-state index in [0.29, 0.717) is 36.8 Å². The molecule has 5 rings (SSSR count). The number of nitrogens with one attached hydrogen (secondary N) is 2. The quantitative estimate of drug-likeness (QED) is 0.373. The van der Waals surface area contributed by atoms with Crippen LogP contribution in [0.25, 0.3) is 10.9 Å². The van der Waals surface area contributed by atoms with E-state index in [4.69, 9.17) is 16.3 Å². The lowest BCUT2D eigenvalue weighted by atomic mass is 10.0. The van der Waals surface area contributed by atoms with Crippen molar-refractivity contribution in [3.8, 4) is 17.6 Å². The normalized spacial score (nSPS) is 16.6. The highest BCUT2D eigenvalue weighted by Gasteiger charge is 2.33. The molecule has 1 saturated heterocycles. The van der Waals surface area contributed by atoms with Crippen LogP contribution in [0.5, 0.6) is 11.5 Å². The number of sulfonamides is 1. The van der Waals surface area contributed by atoms with E-state index in [9.17, 15) is 13.7 Å². The number of hydrogen-bond acceptors (Lipinski definition) is 5. The molecule has 0 spiro atoms. The molecule has 1 aliphatic rings. The Morgan fingerprint density at radius 2 is 2.00 bits per heavy atom. The van der Waals surface area contributed by atoms with Gasteiger partial charge in [0.15, 0.2) is 0 Å². The second-order valence-corrected chi connectivity index (χ2v) is 11.3. The largest absolute Gasteiger partial charge is 0.456 e. The maximum atomic E-state index is 13.8. The highest BCUT2D eigenvalue weighted by molar-refractivity contribution is 7.89. The fraction of sp³-hybridized carbons (Fsp3) is 0.222. The lowest BCUT2D eigenvalue weighted by molar-refractivity contribution is 0.296. The number of aromatic amines is 1. The van der Waals surface area contributed by atoms with Gasteiger partial charge in [0.2, 0.25) is 10.0 Å². The van der Waals surface area contributed by atoms with Crippen LogP contribution in [0.4, 0.5) is 0 Å². The summed E-state index contributed by atoms with van der Waals surface area (Å²) in [6, 6.07) is 19.7. The molecule has 1 aromatic heterocycles. The van der Waals surface area contributed by atoms with E-state index in [2.05, 4.69) is 16.4 Å². The molecule has 3 aromatic carbocycles. The van der Waals surface area contributed by atoms with E-state index in [1.807, 2.05) is 37.4 Å². The third kappa shape index (κ3) is 4.97. The predicted molar refractivity (Wildman–Crippen MR) is 140 cm³/mol. The van der Waals surface area contributed by atoms with Gasteiger partial charge < -0.3 is 15.0 Å². The van der Waals surface area contributed by atoms with Gasteiger partial charge in [-0.15, -0.1) is 0 Å². The van der Waals surface area contributed by atoms with Gasteiger partial charge in [0.05, 0.1) is 11.6 Å². The summed E-state index contributed by atoms with van der Waals surface area (Å²) in [5.74, 6) is 0.584. The molecule has 1 fully saturated rings. The van der Waals surface area contributed by atoms with Crippen LogP contribution in [0, 0.1) is 18.3 Å². The minimum Gasteiger partial charge on any atom is -0.456 e. The van der Waals surface area contributed by atoms with Crippen LogP contribution in [0.1, 0.15) is 16.7 Å². The van der Waals surface area contributed by atoms with Crippen LogP contribution in [0.3, 0.4) is 0 Å². The van der Waals surface area contributed by atoms with Crippen molar-refractivity contribution in [3.63, 3.8) is 0 Å². The van der Waals surface area contributed by atoms with Gasteiger partial charge in [-0.1, -0.05) is 29.8 Å². The van der Waals surface area contributed by atoms with E-state index in [1.54, 1.807) is 24.3 Å². The van der Waals surface area contributed by atoms with Crippen molar-refractivity contribution >= 4 is 32.5 Å². The summed E-state index contributed by atoms with van der Waals surface area (Å²) in [6.45, 7) is 3.02. The molecule has 0 amide bonds. The van der Waals surface area contributed by atoms with Gasteiger partial charge in [-0.2, -0.15) is 9.57 Å². The van der Waals surface area contributed by atoms with Crippen molar-refractivity contribution < 1.29 is 13.2 Å². The first-order valence-corrected chi connectivity index (χ1v) is 13.4. The first-order chi connectivity index (χ1) is 17.3. The molecule has 0 saturated carbocycles. The van der Waals surface area contributed by atoms with Gasteiger partial charge >= 0.3 is 0 Å². The fourth-order valence-corrected chi connectivity index (χ4v) is 6.51. The standard InChI is InChI=1S/C27H25ClN4O3S/c1-18-10-21(28)14-23(11-18)35-26-7-6-19(15-29)12-27(26)36(33,34)32-9-8-30-22(17-32)13-20-16-31-25-5-3-2-4-24(20)25/h2-7,10-12,14,16,22,30-31H,8-9,13,17H2,1H3/t22-/m0/s1. The Hall–Kier alpha value is -3.35. The topological polar surface area (TPSA) is 98.2 Å². The van der Waals surface area contributed by atoms with Crippen LogP contribution in [0.15, 0.2) is 71.8 Å². The molecule has 0 aliphatic carbocycles. The Morgan fingerprint density at radius 3 is 2.81 bits per heavy atom. The number of halogens is 1. The molecule has 0 bridgehead atoms. The molecular weight excluding hydrogens is 496 g/mol. The molecule has 1 aliphatic heterocycles. The van der Waals surface area contributed by atoms with Crippen LogP contribution in [0.2, 0.25) is 5.02 Å². The zero-order chi connectivity index (χ0) is 25.3. The second kappa shape index (κ2) is 9.96. The van der Waals surface area contributed by atoms with Crippen LogP contribution in [-0.2, 0) is 16.4 Å². The third-order valence-corrected chi connectivity index (χ3v) is 8.40. The number of nitrogens with zero attached hydrogens (tertiary/aromatic N) is 2. The molecule has 9 heteroatoms. The summed E-state index contributed by atoms with van der Waals surface area (Å²) >= 11 is 6.17. The number of piperazine rings is 1. The number of hydrogen-bond donors (Lipinski definition) is 2. The molecule has 0 radical (unpaired) electrons. The van der Waals surface area contributed by atoms with Crippen molar-refractivity contribution in [1.29, 1.82) is 5.26 Å².